The molecule has 3 heteroatoms. The molecule has 1 unspecified atom stereocenters. The van der Waals surface area contributed by atoms with Gasteiger partial charge in [-0.3, -0.25) is 0 Å². The molecule has 1 aliphatic rings. The van der Waals surface area contributed by atoms with Crippen LogP contribution in [0.4, 0.5) is 4.39 Å². The smallest absolute Gasteiger partial charge is 0.135 e. The van der Waals surface area contributed by atoms with Crippen LogP contribution in [-0.4, -0.2) is 5.75 Å². The van der Waals surface area contributed by atoms with Crippen molar-refractivity contribution in [1.82, 2.24) is 0 Å². The van der Waals surface area contributed by atoms with E-state index in [0.717, 1.165) is 16.2 Å². The zero-order valence-corrected chi connectivity index (χ0v) is 8.88. The van der Waals surface area contributed by atoms with Crippen LogP contribution < -0.4 is 0 Å². The average molecular weight is 217 g/mol. The van der Waals surface area contributed by atoms with Crippen molar-refractivity contribution in [2.45, 2.75) is 23.9 Å². The maximum atomic E-state index is 14.0. The first-order valence-electron chi connectivity index (χ1n) is 4.22. The summed E-state index contributed by atoms with van der Waals surface area (Å²) in [7, 11) is 0. The lowest BCUT2D eigenvalue weighted by Gasteiger charge is -2.28. The molecule has 0 bridgehead atoms. The number of hydrogen-bond donors (Lipinski definition) is 0. The number of benzene rings is 1. The topological polar surface area (TPSA) is 0 Å². The van der Waals surface area contributed by atoms with Gasteiger partial charge >= 0.3 is 0 Å². The van der Waals surface area contributed by atoms with Gasteiger partial charge in [0.25, 0.3) is 0 Å². The normalized spacial score (nSPS) is 27.0. The van der Waals surface area contributed by atoms with Gasteiger partial charge < -0.3 is 0 Å². The number of fused-ring (bicyclic) bond motifs is 1. The third-order valence-corrected chi connectivity index (χ3v) is 3.91. The predicted octanol–water partition coefficient (Wildman–Crippen LogP) is 4.02. The van der Waals surface area contributed by atoms with Crippen molar-refractivity contribution in [2.75, 3.05) is 5.75 Å². The van der Waals surface area contributed by atoms with Crippen LogP contribution in [-0.2, 0) is 5.67 Å². The molecular weight excluding hydrogens is 207 g/mol. The molecule has 1 heterocycles. The molecule has 0 nitrogen and oxygen atoms in total. The highest BCUT2D eigenvalue weighted by atomic mass is 35.5. The minimum absolute atomic E-state index is 0.574. The average Bonchev–Trinajstić information content (AvgIpc) is 2.06. The number of hydrogen-bond acceptors (Lipinski definition) is 1. The minimum Gasteiger partial charge on any atom is -0.239 e. The van der Waals surface area contributed by atoms with E-state index in [1.54, 1.807) is 18.7 Å². The predicted molar refractivity (Wildman–Crippen MR) is 55.3 cm³/mol. The largest absolute Gasteiger partial charge is 0.239 e. The molecule has 70 valence electrons. The number of thioether (sulfide) groups is 1. The summed E-state index contributed by atoms with van der Waals surface area (Å²) in [6.45, 7) is 1.63. The second-order valence-corrected chi connectivity index (χ2v) is 4.92. The molecule has 0 amide bonds. The van der Waals surface area contributed by atoms with E-state index in [0.29, 0.717) is 11.4 Å². The minimum atomic E-state index is -1.20. The number of halogens is 2. The van der Waals surface area contributed by atoms with Gasteiger partial charge in [0.05, 0.1) is 5.02 Å². The summed E-state index contributed by atoms with van der Waals surface area (Å²) in [4.78, 5) is 0.917. The van der Waals surface area contributed by atoms with Crippen molar-refractivity contribution in [2.24, 2.45) is 0 Å². The van der Waals surface area contributed by atoms with E-state index in [9.17, 15) is 4.39 Å². The second kappa shape index (κ2) is 3.18. The summed E-state index contributed by atoms with van der Waals surface area (Å²) < 4.78 is 14.0. The van der Waals surface area contributed by atoms with Crippen LogP contribution in [0.15, 0.2) is 23.1 Å². The van der Waals surface area contributed by atoms with E-state index in [-0.39, 0.29) is 0 Å². The third-order valence-electron chi connectivity index (χ3n) is 2.35. The molecule has 0 fully saturated rings. The van der Waals surface area contributed by atoms with Crippen LogP contribution in [0.1, 0.15) is 18.9 Å². The molecule has 13 heavy (non-hydrogen) atoms. The fourth-order valence-electron chi connectivity index (χ4n) is 1.55. The quantitative estimate of drug-likeness (QED) is 0.631. The van der Waals surface area contributed by atoms with Gasteiger partial charge in [-0.05, 0) is 19.4 Å². The Morgan fingerprint density at radius 3 is 3.00 bits per heavy atom. The van der Waals surface area contributed by atoms with Gasteiger partial charge in [-0.25, -0.2) is 4.39 Å². The van der Waals surface area contributed by atoms with E-state index < -0.39 is 5.67 Å². The lowest BCUT2D eigenvalue weighted by molar-refractivity contribution is 0.180. The molecule has 0 aliphatic carbocycles. The zero-order valence-electron chi connectivity index (χ0n) is 7.31. The van der Waals surface area contributed by atoms with Crippen molar-refractivity contribution in [3.05, 3.63) is 28.8 Å². The zero-order chi connectivity index (χ0) is 9.47. The summed E-state index contributed by atoms with van der Waals surface area (Å²) in [5, 5.41) is 0.672. The molecule has 1 atom stereocenters. The van der Waals surface area contributed by atoms with Gasteiger partial charge in [0, 0.05) is 16.2 Å². The SMILES string of the molecule is CC1(F)CCSc2c(Cl)cccc21. The van der Waals surface area contributed by atoms with E-state index in [1.807, 2.05) is 18.2 Å². The fourth-order valence-corrected chi connectivity index (χ4v) is 3.22. The van der Waals surface area contributed by atoms with Crippen molar-refractivity contribution >= 4 is 23.4 Å². The monoisotopic (exact) mass is 216 g/mol. The highest BCUT2D eigenvalue weighted by molar-refractivity contribution is 7.99. The highest BCUT2D eigenvalue weighted by Gasteiger charge is 2.32. The highest BCUT2D eigenvalue weighted by Crippen LogP contribution is 2.45. The molecule has 1 aliphatic heterocycles. The summed E-state index contributed by atoms with van der Waals surface area (Å²) in [5.74, 6) is 0.809. The molecule has 0 aromatic heterocycles. The first-order chi connectivity index (χ1) is 6.11. The van der Waals surface area contributed by atoms with Gasteiger partial charge in [0.2, 0.25) is 0 Å². The molecule has 0 saturated carbocycles. The van der Waals surface area contributed by atoms with Gasteiger partial charge in [0.1, 0.15) is 5.67 Å². The third kappa shape index (κ3) is 1.57. The van der Waals surface area contributed by atoms with Crippen molar-refractivity contribution in [3.8, 4) is 0 Å². The maximum absolute atomic E-state index is 14.0. The molecule has 0 N–H and O–H groups in total. The summed E-state index contributed by atoms with van der Waals surface area (Å²) in [6, 6.07) is 5.45. The van der Waals surface area contributed by atoms with E-state index in [4.69, 9.17) is 11.6 Å². The van der Waals surface area contributed by atoms with E-state index in [2.05, 4.69) is 0 Å². The second-order valence-electron chi connectivity index (χ2n) is 3.41. The Labute approximate surface area is 86.5 Å². The Bertz CT molecular complexity index is 336. The maximum Gasteiger partial charge on any atom is 0.135 e. The van der Waals surface area contributed by atoms with Gasteiger partial charge in [0.15, 0.2) is 0 Å². The van der Waals surface area contributed by atoms with Crippen LogP contribution in [0.5, 0.6) is 0 Å². The van der Waals surface area contributed by atoms with Crippen LogP contribution in [0.25, 0.3) is 0 Å². The van der Waals surface area contributed by atoms with Crippen molar-refractivity contribution < 1.29 is 4.39 Å². The fraction of sp³-hybridized carbons (Fsp3) is 0.400. The van der Waals surface area contributed by atoms with Crippen molar-refractivity contribution in [1.29, 1.82) is 0 Å². The van der Waals surface area contributed by atoms with Crippen LogP contribution in [0, 0.1) is 0 Å². The molecule has 1 aromatic carbocycles. The molecule has 0 saturated heterocycles. The van der Waals surface area contributed by atoms with Gasteiger partial charge in [-0.1, -0.05) is 23.7 Å². The standard InChI is InChI=1S/C10H10ClFS/c1-10(12)5-6-13-9-7(10)3-2-4-8(9)11/h2-4H,5-6H2,1H3. The van der Waals surface area contributed by atoms with Crippen LogP contribution in [0.2, 0.25) is 5.02 Å². The summed E-state index contributed by atoms with van der Waals surface area (Å²) in [5.41, 5.74) is -0.456. The van der Waals surface area contributed by atoms with Crippen LogP contribution in [0.3, 0.4) is 0 Å². The van der Waals surface area contributed by atoms with E-state index in [1.165, 1.54) is 0 Å². The van der Waals surface area contributed by atoms with E-state index >= 15 is 0 Å². The Hall–Kier alpha value is -0.210. The number of rotatable bonds is 0. The molecular formula is C10H10ClFS. The Kier molecular flexibility index (Phi) is 2.28. The van der Waals surface area contributed by atoms with Gasteiger partial charge in [-0.2, -0.15) is 0 Å². The Morgan fingerprint density at radius 1 is 1.54 bits per heavy atom. The first-order valence-corrected chi connectivity index (χ1v) is 5.58. The molecule has 0 radical (unpaired) electrons. The van der Waals surface area contributed by atoms with Crippen molar-refractivity contribution in [3.63, 3.8) is 0 Å². The first kappa shape index (κ1) is 9.35. The van der Waals surface area contributed by atoms with Crippen LogP contribution >= 0.6 is 23.4 Å². The Morgan fingerprint density at radius 2 is 2.31 bits per heavy atom. The molecule has 0 spiro atoms. The number of alkyl halides is 1. The van der Waals surface area contributed by atoms with Gasteiger partial charge in [-0.15, -0.1) is 11.8 Å². The lowest BCUT2D eigenvalue weighted by Crippen LogP contribution is -2.21. The lowest BCUT2D eigenvalue weighted by atomic mass is 9.95. The summed E-state index contributed by atoms with van der Waals surface area (Å²) >= 11 is 7.63. The molecule has 2 rings (SSSR count). The molecule has 1 aromatic rings. The Balaban J connectivity index is 2.58. The summed E-state index contributed by atoms with van der Waals surface area (Å²) in [6.07, 6.45) is 0.574.